The fourth-order valence-electron chi connectivity index (χ4n) is 4.47. The van der Waals surface area contributed by atoms with E-state index in [-0.39, 0.29) is 5.91 Å². The number of hydrogen-bond acceptors (Lipinski definition) is 4. The first kappa shape index (κ1) is 22.2. The Morgan fingerprint density at radius 3 is 2.53 bits per heavy atom. The van der Waals surface area contributed by atoms with Crippen LogP contribution < -0.4 is 15.5 Å². The molecule has 2 aromatic carbocycles. The molecule has 1 atom stereocenters. The molecule has 1 unspecified atom stereocenters. The lowest BCUT2D eigenvalue weighted by Gasteiger charge is -2.35. The molecule has 2 aromatic rings. The second-order valence-corrected chi connectivity index (χ2v) is 9.02. The molecule has 174 valence electrons. The first-order valence-corrected chi connectivity index (χ1v) is 11.9. The second kappa shape index (κ2) is 9.73. The zero-order valence-corrected chi connectivity index (χ0v) is 19.5. The van der Waals surface area contributed by atoms with Crippen LogP contribution in [0.25, 0.3) is 0 Å². The molecule has 3 aliphatic rings. The van der Waals surface area contributed by atoms with Crippen molar-refractivity contribution < 1.29 is 9.59 Å². The molecule has 3 amide bonds. The first-order valence-electron chi connectivity index (χ1n) is 11.5. The number of nitrogens with zero attached hydrogens (tertiary/aromatic N) is 3. The Labute approximate surface area is 203 Å². The van der Waals surface area contributed by atoms with Crippen LogP contribution in [0.5, 0.6) is 0 Å². The van der Waals surface area contributed by atoms with Gasteiger partial charge in [0.1, 0.15) is 6.04 Å². The smallest absolute Gasteiger partial charge is 0.319 e. The topological polar surface area (TPSA) is 77.0 Å². The Kier molecular flexibility index (Phi) is 6.36. The van der Waals surface area contributed by atoms with Crippen LogP contribution in [0.15, 0.2) is 77.6 Å². The fourth-order valence-corrected chi connectivity index (χ4v) is 4.60. The van der Waals surface area contributed by atoms with Crippen molar-refractivity contribution in [3.8, 4) is 0 Å². The van der Waals surface area contributed by atoms with E-state index < -0.39 is 12.1 Å². The number of nitrogens with one attached hydrogen (secondary N) is 2. The minimum absolute atomic E-state index is 0.166. The van der Waals surface area contributed by atoms with Crippen molar-refractivity contribution >= 4 is 40.6 Å². The van der Waals surface area contributed by atoms with Gasteiger partial charge in [-0.15, -0.1) is 0 Å². The van der Waals surface area contributed by atoms with Crippen LogP contribution in [0.4, 0.5) is 16.2 Å². The summed E-state index contributed by atoms with van der Waals surface area (Å²) in [6.07, 6.45) is 9.39. The summed E-state index contributed by atoms with van der Waals surface area (Å²) in [5, 5.41) is 13.0. The molecule has 0 spiro atoms. The van der Waals surface area contributed by atoms with E-state index in [1.54, 1.807) is 29.2 Å². The lowest BCUT2D eigenvalue weighted by atomic mass is 9.95. The van der Waals surface area contributed by atoms with Crippen molar-refractivity contribution in [1.82, 2.24) is 10.3 Å². The quantitative estimate of drug-likeness (QED) is 0.672. The van der Waals surface area contributed by atoms with Gasteiger partial charge >= 0.3 is 6.03 Å². The van der Waals surface area contributed by atoms with E-state index in [9.17, 15) is 9.59 Å². The number of carbonyl (C=O) groups is 2. The molecule has 0 saturated carbocycles. The van der Waals surface area contributed by atoms with Crippen molar-refractivity contribution in [2.75, 3.05) is 23.3 Å². The number of rotatable bonds is 4. The van der Waals surface area contributed by atoms with Crippen molar-refractivity contribution in [3.05, 3.63) is 83.0 Å². The molecule has 1 saturated heterocycles. The van der Waals surface area contributed by atoms with Crippen LogP contribution in [-0.4, -0.2) is 41.8 Å². The average Bonchev–Trinajstić information content (AvgIpc) is 3.35. The van der Waals surface area contributed by atoms with Gasteiger partial charge in [0.2, 0.25) is 0 Å². The standard InChI is InChI=1S/C26H26ClN5O2/c27-19-7-9-20(10-8-19)28-26(34)29-23-17-18-5-1-2-6-24(18)32(25(23)33)22-13-11-21(12-14-22)30-31-15-3-4-16-31/h1-2,5-11,13-14,23H,3-4,12,15-17H2,(H2,28,29,34). The Morgan fingerprint density at radius 2 is 1.79 bits per heavy atom. The molecule has 34 heavy (non-hydrogen) atoms. The molecule has 0 radical (unpaired) electrons. The fraction of sp³-hybridized carbons (Fsp3) is 0.269. The van der Waals surface area contributed by atoms with Crippen LogP contribution in [0.1, 0.15) is 24.8 Å². The monoisotopic (exact) mass is 475 g/mol. The predicted molar refractivity (Wildman–Crippen MR) is 135 cm³/mol. The van der Waals surface area contributed by atoms with Gasteiger partial charge in [0.05, 0.1) is 11.4 Å². The van der Waals surface area contributed by atoms with Gasteiger partial charge in [0.25, 0.3) is 5.91 Å². The molecule has 5 rings (SSSR count). The molecule has 1 fully saturated rings. The molecule has 2 heterocycles. The second-order valence-electron chi connectivity index (χ2n) is 8.58. The minimum atomic E-state index is -0.684. The maximum atomic E-state index is 13.5. The number of allylic oxidation sites excluding steroid dienone is 3. The molecule has 2 N–H and O–H groups in total. The van der Waals surface area contributed by atoms with Crippen LogP contribution in [0.2, 0.25) is 5.02 Å². The number of urea groups is 1. The van der Waals surface area contributed by atoms with Crippen LogP contribution in [-0.2, 0) is 11.2 Å². The van der Waals surface area contributed by atoms with E-state index in [1.165, 1.54) is 12.8 Å². The number of anilines is 2. The first-order chi connectivity index (χ1) is 16.6. The van der Waals surface area contributed by atoms with Gasteiger partial charge in [-0.2, -0.15) is 5.10 Å². The highest BCUT2D eigenvalue weighted by atomic mass is 35.5. The molecule has 2 aliphatic heterocycles. The highest BCUT2D eigenvalue weighted by molar-refractivity contribution is 6.30. The third kappa shape index (κ3) is 4.84. The van der Waals surface area contributed by atoms with E-state index in [0.29, 0.717) is 23.6 Å². The third-order valence-electron chi connectivity index (χ3n) is 6.16. The summed E-state index contributed by atoms with van der Waals surface area (Å²) in [6, 6.07) is 13.5. The summed E-state index contributed by atoms with van der Waals surface area (Å²) >= 11 is 5.91. The number of hydrazone groups is 1. The van der Waals surface area contributed by atoms with Gasteiger partial charge in [-0.3, -0.25) is 14.7 Å². The Bertz CT molecular complexity index is 1180. The summed E-state index contributed by atoms with van der Waals surface area (Å²) in [5.41, 5.74) is 4.23. The molecular weight excluding hydrogens is 450 g/mol. The number of para-hydroxylation sites is 1. The Morgan fingerprint density at radius 1 is 1.03 bits per heavy atom. The minimum Gasteiger partial charge on any atom is -0.326 e. The summed E-state index contributed by atoms with van der Waals surface area (Å²) < 4.78 is 0. The SMILES string of the molecule is O=C(Nc1ccc(Cl)cc1)NC1Cc2ccccc2N(C2=CCC(=NN3CCCC3)C=C2)C1=O. The number of carbonyl (C=O) groups excluding carboxylic acids is 2. The van der Waals surface area contributed by atoms with E-state index in [0.717, 1.165) is 35.7 Å². The lowest BCUT2D eigenvalue weighted by molar-refractivity contribution is -0.120. The molecule has 8 heteroatoms. The normalized spacial score (nSPS) is 20.9. The van der Waals surface area contributed by atoms with Crippen LogP contribution in [0.3, 0.4) is 0 Å². The Balaban J connectivity index is 1.33. The summed E-state index contributed by atoms with van der Waals surface area (Å²) in [7, 11) is 0. The summed E-state index contributed by atoms with van der Waals surface area (Å²) in [4.78, 5) is 27.9. The summed E-state index contributed by atoms with van der Waals surface area (Å²) in [6.45, 7) is 1.99. The molecule has 7 nitrogen and oxygen atoms in total. The zero-order valence-electron chi connectivity index (χ0n) is 18.7. The number of fused-ring (bicyclic) bond motifs is 1. The predicted octanol–water partition coefficient (Wildman–Crippen LogP) is 4.72. The molecular formula is C26H26ClN5O2. The van der Waals surface area contributed by atoms with Gasteiger partial charge in [0.15, 0.2) is 0 Å². The molecule has 0 bridgehead atoms. The van der Waals surface area contributed by atoms with E-state index >= 15 is 0 Å². The van der Waals surface area contributed by atoms with Gasteiger partial charge in [-0.25, -0.2) is 4.79 Å². The van der Waals surface area contributed by atoms with Crippen molar-refractivity contribution in [2.24, 2.45) is 5.10 Å². The molecule has 0 aromatic heterocycles. The van der Waals surface area contributed by atoms with Crippen molar-refractivity contribution in [2.45, 2.75) is 31.7 Å². The zero-order chi connectivity index (χ0) is 23.5. The number of benzene rings is 2. The maximum absolute atomic E-state index is 13.5. The number of amides is 3. The van der Waals surface area contributed by atoms with E-state index in [4.69, 9.17) is 16.7 Å². The highest BCUT2D eigenvalue weighted by Gasteiger charge is 2.35. The van der Waals surface area contributed by atoms with Gasteiger partial charge in [0, 0.05) is 42.3 Å². The number of halogens is 1. The van der Waals surface area contributed by atoms with Crippen LogP contribution >= 0.6 is 11.6 Å². The van der Waals surface area contributed by atoms with Crippen molar-refractivity contribution in [3.63, 3.8) is 0 Å². The largest absolute Gasteiger partial charge is 0.326 e. The van der Waals surface area contributed by atoms with Crippen molar-refractivity contribution in [1.29, 1.82) is 0 Å². The van der Waals surface area contributed by atoms with Gasteiger partial charge in [-0.05, 0) is 60.9 Å². The third-order valence-corrected chi connectivity index (χ3v) is 6.41. The lowest BCUT2D eigenvalue weighted by Crippen LogP contribution is -2.53. The summed E-state index contributed by atoms with van der Waals surface area (Å²) in [5.74, 6) is -0.166. The molecule has 1 aliphatic carbocycles. The average molecular weight is 476 g/mol. The number of hydrogen-bond donors (Lipinski definition) is 2. The van der Waals surface area contributed by atoms with Crippen LogP contribution in [0, 0.1) is 0 Å². The van der Waals surface area contributed by atoms with E-state index in [1.807, 2.05) is 42.5 Å². The van der Waals surface area contributed by atoms with E-state index in [2.05, 4.69) is 15.6 Å². The Hall–Kier alpha value is -3.58. The maximum Gasteiger partial charge on any atom is 0.319 e. The van der Waals surface area contributed by atoms with Gasteiger partial charge in [-0.1, -0.05) is 35.9 Å². The van der Waals surface area contributed by atoms with Gasteiger partial charge < -0.3 is 10.6 Å². The highest BCUT2D eigenvalue weighted by Crippen LogP contribution is 2.32.